The molecule has 0 aliphatic heterocycles. The summed E-state index contributed by atoms with van der Waals surface area (Å²) in [7, 11) is 0. The highest BCUT2D eigenvalue weighted by Crippen LogP contribution is 2.18. The zero-order chi connectivity index (χ0) is 17.8. The van der Waals surface area contributed by atoms with Crippen LogP contribution >= 0.6 is 0 Å². The molecule has 1 N–H and O–H groups in total. The largest absolute Gasteiger partial charge is 0.318 e. The van der Waals surface area contributed by atoms with E-state index >= 15 is 0 Å². The van der Waals surface area contributed by atoms with Crippen molar-refractivity contribution in [3.05, 3.63) is 71.3 Å². The molecule has 3 aromatic rings. The van der Waals surface area contributed by atoms with Gasteiger partial charge in [0.05, 0.1) is 17.1 Å². The van der Waals surface area contributed by atoms with Gasteiger partial charge in [-0.2, -0.15) is 0 Å². The molecule has 0 aliphatic rings. The van der Waals surface area contributed by atoms with E-state index in [2.05, 4.69) is 15.6 Å². The number of amides is 1. The average molecular weight is 338 g/mol. The molecule has 0 atom stereocenters. The molecule has 0 spiro atoms. The molecule has 0 bridgehead atoms. The normalized spacial score (nSPS) is 10.7. The van der Waals surface area contributed by atoms with Crippen LogP contribution in [0.4, 0.5) is 10.1 Å². The average Bonchev–Trinajstić information content (AvgIpc) is 3.02. The Morgan fingerprint density at radius 1 is 1.16 bits per heavy atom. The van der Waals surface area contributed by atoms with Gasteiger partial charge in [-0.25, -0.2) is 9.07 Å². The number of aryl methyl sites for hydroxylation is 1. The number of nitrogens with zero attached hydrogens (tertiary/aromatic N) is 3. The van der Waals surface area contributed by atoms with Gasteiger partial charge < -0.3 is 5.32 Å². The molecular weight excluding hydrogens is 319 g/mol. The fraction of sp³-hybridized carbons (Fsp3) is 0.211. The molecule has 2 aromatic carbocycles. The molecule has 1 heterocycles. The minimum atomic E-state index is -0.487. The molecule has 5 nitrogen and oxygen atoms in total. The first-order valence-electron chi connectivity index (χ1n) is 8.17. The summed E-state index contributed by atoms with van der Waals surface area (Å²) in [5.41, 5.74) is 3.02. The molecule has 0 saturated heterocycles. The quantitative estimate of drug-likeness (QED) is 0.767. The van der Waals surface area contributed by atoms with Crippen LogP contribution < -0.4 is 5.32 Å². The summed E-state index contributed by atoms with van der Waals surface area (Å²) in [6.07, 6.45) is 1.47. The lowest BCUT2D eigenvalue weighted by molar-refractivity contribution is 0.102. The third-order valence-corrected chi connectivity index (χ3v) is 3.87. The maximum atomic E-state index is 13.8. The van der Waals surface area contributed by atoms with Gasteiger partial charge in [-0.1, -0.05) is 48.4 Å². The van der Waals surface area contributed by atoms with Gasteiger partial charge in [-0.05, 0) is 37.6 Å². The second-order valence-corrected chi connectivity index (χ2v) is 5.82. The summed E-state index contributed by atoms with van der Waals surface area (Å²) in [6, 6.07) is 13.9. The highest BCUT2D eigenvalue weighted by Gasteiger charge is 2.20. The van der Waals surface area contributed by atoms with Crippen LogP contribution in [0.15, 0.2) is 48.5 Å². The Balaban J connectivity index is 1.95. The van der Waals surface area contributed by atoms with E-state index in [-0.39, 0.29) is 11.4 Å². The first-order valence-corrected chi connectivity index (χ1v) is 8.17. The van der Waals surface area contributed by atoms with E-state index in [1.165, 1.54) is 12.1 Å². The van der Waals surface area contributed by atoms with E-state index < -0.39 is 11.7 Å². The topological polar surface area (TPSA) is 59.8 Å². The second kappa shape index (κ2) is 7.25. The monoisotopic (exact) mass is 338 g/mol. The number of anilines is 1. The number of halogens is 1. The van der Waals surface area contributed by atoms with Crippen molar-refractivity contribution in [1.82, 2.24) is 15.0 Å². The van der Waals surface area contributed by atoms with Crippen molar-refractivity contribution >= 4 is 11.6 Å². The van der Waals surface area contributed by atoms with Crippen molar-refractivity contribution in [3.63, 3.8) is 0 Å². The van der Waals surface area contributed by atoms with Gasteiger partial charge in [0.1, 0.15) is 5.82 Å². The van der Waals surface area contributed by atoms with Gasteiger partial charge in [-0.15, -0.1) is 5.10 Å². The van der Waals surface area contributed by atoms with E-state index in [1.807, 2.05) is 38.1 Å². The molecule has 3 rings (SSSR count). The van der Waals surface area contributed by atoms with Crippen LogP contribution in [-0.4, -0.2) is 20.9 Å². The van der Waals surface area contributed by atoms with E-state index in [9.17, 15) is 9.18 Å². The third kappa shape index (κ3) is 3.57. The van der Waals surface area contributed by atoms with Crippen molar-refractivity contribution in [2.75, 3.05) is 5.32 Å². The Bertz CT molecular complexity index is 887. The summed E-state index contributed by atoms with van der Waals surface area (Å²) >= 11 is 0. The number of benzene rings is 2. The van der Waals surface area contributed by atoms with Gasteiger partial charge >= 0.3 is 0 Å². The van der Waals surface area contributed by atoms with Gasteiger partial charge in [0, 0.05) is 0 Å². The van der Waals surface area contributed by atoms with Crippen molar-refractivity contribution in [3.8, 4) is 5.69 Å². The molecule has 0 saturated carbocycles. The van der Waals surface area contributed by atoms with Crippen molar-refractivity contribution < 1.29 is 9.18 Å². The van der Waals surface area contributed by atoms with Crippen molar-refractivity contribution in [2.24, 2.45) is 0 Å². The number of carbonyl (C=O) groups excluding carboxylic acids is 1. The van der Waals surface area contributed by atoms with Crippen LogP contribution in [-0.2, 0) is 6.42 Å². The lowest BCUT2D eigenvalue weighted by Crippen LogP contribution is -2.16. The summed E-state index contributed by atoms with van der Waals surface area (Å²) in [4.78, 5) is 12.6. The van der Waals surface area contributed by atoms with Gasteiger partial charge in [-0.3, -0.25) is 4.79 Å². The molecule has 0 aliphatic carbocycles. The Morgan fingerprint density at radius 2 is 1.88 bits per heavy atom. The number of aromatic nitrogens is 3. The van der Waals surface area contributed by atoms with Crippen LogP contribution in [0.5, 0.6) is 0 Å². The lowest BCUT2D eigenvalue weighted by atomic mass is 10.1. The number of para-hydroxylation sites is 1. The first-order chi connectivity index (χ1) is 12.1. The minimum Gasteiger partial charge on any atom is -0.318 e. The number of carbonyl (C=O) groups is 1. The lowest BCUT2D eigenvalue weighted by Gasteiger charge is -2.08. The minimum absolute atomic E-state index is 0.125. The summed E-state index contributed by atoms with van der Waals surface area (Å²) < 4.78 is 15.4. The number of hydrogen-bond acceptors (Lipinski definition) is 3. The first kappa shape index (κ1) is 16.8. The van der Waals surface area contributed by atoms with Crippen LogP contribution in [0.2, 0.25) is 0 Å². The molecule has 0 fully saturated rings. The standard InChI is InChI=1S/C19H19FN4O/c1-3-6-17-18(19(25)21-16-8-5-4-7-15(16)20)22-23-24(17)14-11-9-13(2)10-12-14/h4-5,7-12H,3,6H2,1-2H3,(H,21,25). The smallest absolute Gasteiger partial charge is 0.278 e. The van der Waals surface area contributed by atoms with E-state index in [4.69, 9.17) is 0 Å². The number of hydrogen-bond donors (Lipinski definition) is 1. The number of nitrogens with one attached hydrogen (secondary N) is 1. The summed E-state index contributed by atoms with van der Waals surface area (Å²) in [6.45, 7) is 4.02. The molecular formula is C19H19FN4O. The van der Waals surface area contributed by atoms with Crippen LogP contribution in [0.3, 0.4) is 0 Å². The Labute approximate surface area is 145 Å². The highest BCUT2D eigenvalue weighted by molar-refractivity contribution is 6.03. The van der Waals surface area contributed by atoms with Crippen molar-refractivity contribution in [2.45, 2.75) is 26.7 Å². The van der Waals surface area contributed by atoms with Crippen LogP contribution in [0.1, 0.15) is 35.1 Å². The van der Waals surface area contributed by atoms with Gasteiger partial charge in [0.15, 0.2) is 5.69 Å². The Hall–Kier alpha value is -3.02. The van der Waals surface area contributed by atoms with Crippen LogP contribution in [0, 0.1) is 12.7 Å². The maximum absolute atomic E-state index is 13.8. The maximum Gasteiger partial charge on any atom is 0.278 e. The SMILES string of the molecule is CCCc1c(C(=O)Nc2ccccc2F)nnn1-c1ccc(C)cc1. The number of rotatable bonds is 5. The fourth-order valence-electron chi connectivity index (χ4n) is 2.58. The molecule has 0 unspecified atom stereocenters. The summed E-state index contributed by atoms with van der Waals surface area (Å²) in [5, 5.41) is 10.7. The van der Waals surface area contributed by atoms with E-state index in [1.54, 1.807) is 16.8 Å². The predicted octanol–water partition coefficient (Wildman–Crippen LogP) is 3.92. The zero-order valence-electron chi connectivity index (χ0n) is 14.2. The fourth-order valence-corrected chi connectivity index (χ4v) is 2.58. The Kier molecular flexibility index (Phi) is 4.88. The van der Waals surface area contributed by atoms with Crippen molar-refractivity contribution in [1.29, 1.82) is 0 Å². The Morgan fingerprint density at radius 3 is 2.56 bits per heavy atom. The summed E-state index contributed by atoms with van der Waals surface area (Å²) in [5.74, 6) is -0.953. The third-order valence-electron chi connectivity index (χ3n) is 3.87. The van der Waals surface area contributed by atoms with Gasteiger partial charge in [0.2, 0.25) is 0 Å². The molecule has 1 aromatic heterocycles. The molecule has 128 valence electrons. The molecule has 25 heavy (non-hydrogen) atoms. The molecule has 0 radical (unpaired) electrons. The van der Waals surface area contributed by atoms with E-state index in [0.29, 0.717) is 12.1 Å². The van der Waals surface area contributed by atoms with Crippen LogP contribution in [0.25, 0.3) is 5.69 Å². The predicted molar refractivity (Wildman–Crippen MR) is 94.4 cm³/mol. The molecule has 1 amide bonds. The zero-order valence-corrected chi connectivity index (χ0v) is 14.2. The highest BCUT2D eigenvalue weighted by atomic mass is 19.1. The second-order valence-electron chi connectivity index (χ2n) is 5.82. The molecule has 6 heteroatoms. The van der Waals surface area contributed by atoms with E-state index in [0.717, 1.165) is 17.7 Å². The van der Waals surface area contributed by atoms with Gasteiger partial charge in [0.25, 0.3) is 5.91 Å².